The monoisotopic (exact) mass is 694 g/mol. The molecule has 50 heavy (non-hydrogen) atoms. The Labute approximate surface area is 297 Å². The summed E-state index contributed by atoms with van der Waals surface area (Å²) >= 11 is 0. The standard InChI is InChI=1S/C40H50N6O3S/c1-31(2)27-36(43(4)50(47,48)37-17-15-33(16-18-37)29-46-32(3)42-38-28-41-20-19-39(38)46)30-49-26-25-44-21-23-45(24-22-44)40(34-11-7-5-8-12-34)35-13-9-6-10-14-35/h5-20,28,31,36,40H,21-27,29-30H2,1-4H3. The van der Waals surface area contributed by atoms with Crippen LogP contribution >= 0.6 is 0 Å². The molecule has 1 aliphatic heterocycles. The molecule has 2 aromatic heterocycles. The van der Waals surface area contributed by atoms with Crippen LogP contribution in [0.4, 0.5) is 0 Å². The predicted molar refractivity (Wildman–Crippen MR) is 200 cm³/mol. The van der Waals surface area contributed by atoms with Crippen molar-refractivity contribution in [1.82, 2.24) is 28.6 Å². The number of fused-ring (bicyclic) bond motifs is 1. The third kappa shape index (κ3) is 8.50. The Balaban J connectivity index is 1.02. The van der Waals surface area contributed by atoms with E-state index in [1.807, 2.05) is 25.1 Å². The molecule has 3 aromatic carbocycles. The van der Waals surface area contributed by atoms with Crippen molar-refractivity contribution in [3.63, 3.8) is 0 Å². The van der Waals surface area contributed by atoms with Crippen molar-refractivity contribution in [2.45, 2.75) is 50.7 Å². The molecule has 1 fully saturated rings. The molecule has 0 spiro atoms. The molecule has 0 amide bonds. The molecule has 1 atom stereocenters. The largest absolute Gasteiger partial charge is 0.378 e. The van der Waals surface area contributed by atoms with Gasteiger partial charge in [0.15, 0.2) is 0 Å². The number of piperazine rings is 1. The van der Waals surface area contributed by atoms with Gasteiger partial charge in [0.1, 0.15) is 11.3 Å². The Kier molecular flexibility index (Phi) is 11.8. The second-order valence-corrected chi connectivity index (χ2v) is 15.7. The van der Waals surface area contributed by atoms with Crippen LogP contribution in [0.15, 0.2) is 108 Å². The molecule has 3 heterocycles. The minimum atomic E-state index is -3.71. The van der Waals surface area contributed by atoms with E-state index >= 15 is 0 Å². The number of nitrogens with zero attached hydrogens (tertiary/aromatic N) is 6. The smallest absolute Gasteiger partial charge is 0.243 e. The minimum absolute atomic E-state index is 0.236. The summed E-state index contributed by atoms with van der Waals surface area (Å²) in [5, 5.41) is 0. The van der Waals surface area contributed by atoms with E-state index in [1.165, 1.54) is 15.4 Å². The number of hydrogen-bond acceptors (Lipinski definition) is 7. The van der Waals surface area contributed by atoms with Crippen LogP contribution in [0.2, 0.25) is 0 Å². The van der Waals surface area contributed by atoms with E-state index in [-0.39, 0.29) is 17.0 Å². The molecule has 0 saturated carbocycles. The Morgan fingerprint density at radius 1 is 0.860 bits per heavy atom. The summed E-state index contributed by atoms with van der Waals surface area (Å²) in [7, 11) is -2.03. The quantitative estimate of drug-likeness (QED) is 0.120. The Morgan fingerprint density at radius 3 is 2.12 bits per heavy atom. The molecule has 0 bridgehead atoms. The van der Waals surface area contributed by atoms with Crippen LogP contribution in [0, 0.1) is 12.8 Å². The molecule has 0 aliphatic carbocycles. The third-order valence-electron chi connectivity index (χ3n) is 9.80. The van der Waals surface area contributed by atoms with Gasteiger partial charge in [0, 0.05) is 58.6 Å². The zero-order valence-electron chi connectivity index (χ0n) is 29.7. The van der Waals surface area contributed by atoms with Crippen LogP contribution in [-0.2, 0) is 21.3 Å². The summed E-state index contributed by atoms with van der Waals surface area (Å²) in [6, 6.07) is 30.7. The maximum Gasteiger partial charge on any atom is 0.243 e. The van der Waals surface area contributed by atoms with Gasteiger partial charge in [-0.3, -0.25) is 14.8 Å². The highest BCUT2D eigenvalue weighted by Crippen LogP contribution is 2.29. The van der Waals surface area contributed by atoms with Gasteiger partial charge in [-0.1, -0.05) is 86.6 Å². The van der Waals surface area contributed by atoms with Gasteiger partial charge >= 0.3 is 0 Å². The first kappa shape index (κ1) is 35.9. The van der Waals surface area contributed by atoms with Gasteiger partial charge in [-0.2, -0.15) is 4.31 Å². The number of aryl methyl sites for hydroxylation is 1. The van der Waals surface area contributed by atoms with Crippen LogP contribution in [0.1, 0.15) is 48.8 Å². The molecular weight excluding hydrogens is 645 g/mol. The van der Waals surface area contributed by atoms with Crippen molar-refractivity contribution in [2.75, 3.05) is 53.0 Å². The van der Waals surface area contributed by atoms with Crippen molar-refractivity contribution >= 4 is 21.1 Å². The van der Waals surface area contributed by atoms with Gasteiger partial charge in [0.05, 0.1) is 35.9 Å². The van der Waals surface area contributed by atoms with Crippen molar-refractivity contribution in [2.24, 2.45) is 5.92 Å². The van der Waals surface area contributed by atoms with E-state index in [0.717, 1.165) is 55.1 Å². The van der Waals surface area contributed by atoms with E-state index in [0.29, 0.717) is 32.1 Å². The van der Waals surface area contributed by atoms with Gasteiger partial charge in [-0.25, -0.2) is 13.4 Å². The van der Waals surface area contributed by atoms with Gasteiger partial charge in [0.25, 0.3) is 0 Å². The molecule has 1 unspecified atom stereocenters. The fraction of sp³-hybridized carbons (Fsp3) is 0.400. The first-order valence-corrected chi connectivity index (χ1v) is 19.1. The average Bonchev–Trinajstić information content (AvgIpc) is 3.45. The highest BCUT2D eigenvalue weighted by molar-refractivity contribution is 7.89. The maximum atomic E-state index is 13.8. The summed E-state index contributed by atoms with van der Waals surface area (Å²) in [6.45, 7) is 12.4. The van der Waals surface area contributed by atoms with E-state index in [1.54, 1.807) is 31.6 Å². The van der Waals surface area contributed by atoms with Crippen LogP contribution in [0.3, 0.4) is 0 Å². The number of rotatable bonds is 15. The number of benzene rings is 3. The van der Waals surface area contributed by atoms with E-state index in [9.17, 15) is 8.42 Å². The van der Waals surface area contributed by atoms with E-state index in [4.69, 9.17) is 4.74 Å². The number of hydrogen-bond donors (Lipinski definition) is 0. The number of sulfonamides is 1. The summed E-state index contributed by atoms with van der Waals surface area (Å²) in [4.78, 5) is 14.1. The van der Waals surface area contributed by atoms with Gasteiger partial charge in [-0.05, 0) is 54.2 Å². The molecule has 1 aliphatic rings. The minimum Gasteiger partial charge on any atom is -0.378 e. The van der Waals surface area contributed by atoms with Crippen LogP contribution in [0.5, 0.6) is 0 Å². The number of ether oxygens (including phenoxy) is 1. The third-order valence-corrected chi connectivity index (χ3v) is 11.7. The topological polar surface area (TPSA) is 83.8 Å². The number of aromatic nitrogens is 3. The first-order valence-electron chi connectivity index (χ1n) is 17.7. The lowest BCUT2D eigenvalue weighted by atomic mass is 9.96. The van der Waals surface area contributed by atoms with Crippen molar-refractivity contribution in [3.05, 3.63) is 126 Å². The van der Waals surface area contributed by atoms with Crippen LogP contribution in [0.25, 0.3) is 11.0 Å². The zero-order valence-corrected chi connectivity index (χ0v) is 30.5. The Hall–Kier alpha value is -3.93. The lowest BCUT2D eigenvalue weighted by Gasteiger charge is -2.39. The maximum absolute atomic E-state index is 13.8. The summed E-state index contributed by atoms with van der Waals surface area (Å²) in [5.74, 6) is 1.21. The predicted octanol–water partition coefficient (Wildman–Crippen LogP) is 6.25. The summed E-state index contributed by atoms with van der Waals surface area (Å²) in [5.41, 5.74) is 5.50. The van der Waals surface area contributed by atoms with Gasteiger partial charge in [-0.15, -0.1) is 0 Å². The second-order valence-electron chi connectivity index (χ2n) is 13.7. The molecule has 264 valence electrons. The van der Waals surface area contributed by atoms with Gasteiger partial charge in [0.2, 0.25) is 10.0 Å². The van der Waals surface area contributed by atoms with Crippen molar-refractivity contribution in [1.29, 1.82) is 0 Å². The highest BCUT2D eigenvalue weighted by Gasteiger charge is 2.30. The van der Waals surface area contributed by atoms with Crippen molar-refractivity contribution in [3.8, 4) is 0 Å². The van der Waals surface area contributed by atoms with E-state index < -0.39 is 10.0 Å². The Morgan fingerprint density at radius 2 is 1.50 bits per heavy atom. The van der Waals surface area contributed by atoms with Crippen LogP contribution in [-0.4, -0.2) is 96.1 Å². The number of imidazole rings is 1. The molecule has 0 N–H and O–H groups in total. The summed E-state index contributed by atoms with van der Waals surface area (Å²) < 4.78 is 37.5. The first-order chi connectivity index (χ1) is 24.2. The lowest BCUT2D eigenvalue weighted by Crippen LogP contribution is -2.48. The zero-order chi connectivity index (χ0) is 35.1. The second kappa shape index (κ2) is 16.4. The molecule has 0 radical (unpaired) electrons. The fourth-order valence-electron chi connectivity index (χ4n) is 7.02. The molecule has 6 rings (SSSR count). The molecular formula is C40H50N6O3S. The molecule has 10 heteroatoms. The molecule has 9 nitrogen and oxygen atoms in total. The number of pyridine rings is 1. The average molecular weight is 695 g/mol. The molecule has 5 aromatic rings. The van der Waals surface area contributed by atoms with E-state index in [2.05, 4.69) is 98.8 Å². The summed E-state index contributed by atoms with van der Waals surface area (Å²) in [6.07, 6.45) is 4.24. The molecule has 1 saturated heterocycles. The Bertz CT molecular complexity index is 1870. The van der Waals surface area contributed by atoms with Gasteiger partial charge < -0.3 is 9.30 Å². The van der Waals surface area contributed by atoms with Crippen LogP contribution < -0.4 is 0 Å². The number of likely N-dealkylation sites (N-methyl/N-ethyl adjacent to an activating group) is 1. The van der Waals surface area contributed by atoms with Crippen molar-refractivity contribution < 1.29 is 13.2 Å². The normalized spacial score (nSPS) is 15.4. The fourth-order valence-corrected chi connectivity index (χ4v) is 8.37. The SMILES string of the molecule is Cc1nc2cnccc2n1Cc1ccc(S(=O)(=O)N(C)C(COCCN2CCN(C(c3ccccc3)c3ccccc3)CC2)CC(C)C)cc1. The highest BCUT2D eigenvalue weighted by atomic mass is 32.2. The lowest BCUT2D eigenvalue weighted by molar-refractivity contribution is 0.0485.